The van der Waals surface area contributed by atoms with Gasteiger partial charge >= 0.3 is 6.03 Å². The second-order valence-electron chi connectivity index (χ2n) is 7.84. The molecule has 3 amide bonds. The average molecular weight is 443 g/mol. The van der Waals surface area contributed by atoms with Crippen molar-refractivity contribution in [3.05, 3.63) is 64.7 Å². The number of benzene rings is 2. The number of anilines is 1. The predicted octanol–water partition coefficient (Wildman–Crippen LogP) is 3.92. The number of amides is 3. The first-order valence-corrected chi connectivity index (χ1v) is 11.2. The molecule has 0 unspecified atom stereocenters. The van der Waals surface area contributed by atoms with Crippen LogP contribution in [0.5, 0.6) is 0 Å². The lowest BCUT2D eigenvalue weighted by molar-refractivity contribution is -0.121. The molecule has 0 aliphatic carbocycles. The van der Waals surface area contributed by atoms with Crippen molar-refractivity contribution in [3.8, 4) is 0 Å². The maximum Gasteiger partial charge on any atom is 0.320 e. The molecule has 31 heavy (non-hydrogen) atoms. The third-order valence-corrected chi connectivity index (χ3v) is 5.88. The minimum Gasteiger partial charge on any atom is -0.372 e. The average Bonchev–Trinajstić information content (AvgIpc) is 3.09. The zero-order valence-electron chi connectivity index (χ0n) is 18.3. The molecule has 6 nitrogen and oxygen atoms in total. The van der Waals surface area contributed by atoms with E-state index in [-0.39, 0.29) is 18.5 Å². The van der Waals surface area contributed by atoms with Crippen molar-refractivity contribution in [2.24, 2.45) is 0 Å². The van der Waals surface area contributed by atoms with E-state index in [1.54, 1.807) is 9.80 Å². The Morgan fingerprint density at radius 3 is 2.65 bits per heavy atom. The van der Waals surface area contributed by atoms with Crippen molar-refractivity contribution < 1.29 is 9.59 Å². The largest absolute Gasteiger partial charge is 0.372 e. The van der Waals surface area contributed by atoms with E-state index in [0.717, 1.165) is 25.1 Å². The Bertz CT molecular complexity index is 905. The Labute approximate surface area is 189 Å². The SMILES string of the molecule is CCN(CCCNC(=O)CN1CCN(Cc2ccccc2Cl)C1=O)c1cccc(C)c1. The van der Waals surface area contributed by atoms with Gasteiger partial charge in [-0.1, -0.05) is 41.9 Å². The fraction of sp³-hybridized carbons (Fsp3) is 0.417. The number of urea groups is 1. The van der Waals surface area contributed by atoms with Gasteiger partial charge in [0.2, 0.25) is 5.91 Å². The van der Waals surface area contributed by atoms with Gasteiger partial charge in [0.25, 0.3) is 0 Å². The number of nitrogens with zero attached hydrogens (tertiary/aromatic N) is 3. The summed E-state index contributed by atoms with van der Waals surface area (Å²) in [6.07, 6.45) is 0.847. The first-order chi connectivity index (χ1) is 15.0. The van der Waals surface area contributed by atoms with Crippen molar-refractivity contribution in [1.82, 2.24) is 15.1 Å². The highest BCUT2D eigenvalue weighted by atomic mass is 35.5. The minimum atomic E-state index is -0.119. The molecule has 1 heterocycles. The molecule has 3 rings (SSSR count). The van der Waals surface area contributed by atoms with Gasteiger partial charge in [0, 0.05) is 50.0 Å². The summed E-state index contributed by atoms with van der Waals surface area (Å²) in [5.41, 5.74) is 3.36. The monoisotopic (exact) mass is 442 g/mol. The normalized spacial score (nSPS) is 13.6. The molecule has 2 aromatic carbocycles. The van der Waals surface area contributed by atoms with Gasteiger partial charge in [-0.3, -0.25) is 4.79 Å². The summed E-state index contributed by atoms with van der Waals surface area (Å²) in [7, 11) is 0. The van der Waals surface area contributed by atoms with Gasteiger partial charge in [-0.15, -0.1) is 0 Å². The van der Waals surface area contributed by atoms with Gasteiger partial charge in [0.05, 0.1) is 0 Å². The Morgan fingerprint density at radius 2 is 1.90 bits per heavy atom. The molecule has 0 aromatic heterocycles. The zero-order chi connectivity index (χ0) is 22.2. The number of nitrogens with one attached hydrogen (secondary N) is 1. The number of carbonyl (C=O) groups is 2. The van der Waals surface area contributed by atoms with Crippen LogP contribution in [0.15, 0.2) is 48.5 Å². The molecule has 1 aliphatic heterocycles. The van der Waals surface area contributed by atoms with E-state index in [1.165, 1.54) is 11.3 Å². The molecule has 7 heteroatoms. The molecule has 0 bridgehead atoms. The predicted molar refractivity (Wildman–Crippen MR) is 126 cm³/mol. The van der Waals surface area contributed by atoms with Crippen LogP contribution in [0, 0.1) is 6.92 Å². The Balaban J connectivity index is 1.40. The van der Waals surface area contributed by atoms with Crippen LogP contribution in [0.25, 0.3) is 0 Å². The van der Waals surface area contributed by atoms with Crippen LogP contribution in [-0.4, -0.2) is 61.0 Å². The van der Waals surface area contributed by atoms with Crippen molar-refractivity contribution >= 4 is 29.2 Å². The van der Waals surface area contributed by atoms with E-state index >= 15 is 0 Å². The molecule has 0 saturated carbocycles. The molecule has 1 aliphatic rings. The van der Waals surface area contributed by atoms with Crippen LogP contribution in [0.2, 0.25) is 5.02 Å². The van der Waals surface area contributed by atoms with Crippen molar-refractivity contribution in [2.75, 3.05) is 44.2 Å². The lowest BCUT2D eigenvalue weighted by atomic mass is 10.2. The Morgan fingerprint density at radius 1 is 1.13 bits per heavy atom. The minimum absolute atomic E-state index is 0.0905. The lowest BCUT2D eigenvalue weighted by Crippen LogP contribution is -2.40. The summed E-state index contributed by atoms with van der Waals surface area (Å²) < 4.78 is 0. The van der Waals surface area contributed by atoms with Crippen LogP contribution in [-0.2, 0) is 11.3 Å². The quantitative estimate of drug-likeness (QED) is 0.567. The zero-order valence-corrected chi connectivity index (χ0v) is 19.1. The van der Waals surface area contributed by atoms with Gasteiger partial charge in [0.1, 0.15) is 6.54 Å². The first-order valence-electron chi connectivity index (χ1n) is 10.8. The van der Waals surface area contributed by atoms with E-state index < -0.39 is 0 Å². The van der Waals surface area contributed by atoms with Gasteiger partial charge in [-0.2, -0.15) is 0 Å². The number of hydrogen-bond donors (Lipinski definition) is 1. The number of rotatable bonds is 10. The number of halogens is 1. The standard InChI is InChI=1S/C24H31ClN4O2/c1-3-27(21-10-6-8-19(2)16-21)13-7-12-26-23(30)18-29-15-14-28(24(29)31)17-20-9-4-5-11-22(20)25/h4-6,8-11,16H,3,7,12-15,17-18H2,1-2H3,(H,26,30). The van der Waals surface area contributed by atoms with E-state index in [0.29, 0.717) is 31.2 Å². The second kappa shape index (κ2) is 11.0. The number of aryl methyl sites for hydroxylation is 1. The molecule has 1 saturated heterocycles. The molecular formula is C24H31ClN4O2. The van der Waals surface area contributed by atoms with Crippen LogP contribution < -0.4 is 10.2 Å². The van der Waals surface area contributed by atoms with Gasteiger partial charge < -0.3 is 20.0 Å². The Hall–Kier alpha value is -2.73. The highest BCUT2D eigenvalue weighted by Gasteiger charge is 2.29. The summed E-state index contributed by atoms with van der Waals surface area (Å²) in [4.78, 5) is 30.6. The Kier molecular flexibility index (Phi) is 8.18. The summed E-state index contributed by atoms with van der Waals surface area (Å²) >= 11 is 6.20. The van der Waals surface area contributed by atoms with Crippen LogP contribution in [0.4, 0.5) is 10.5 Å². The molecule has 2 aromatic rings. The molecule has 1 fully saturated rings. The summed E-state index contributed by atoms with van der Waals surface area (Å²) in [6, 6.07) is 15.8. The van der Waals surface area contributed by atoms with Crippen molar-refractivity contribution in [2.45, 2.75) is 26.8 Å². The van der Waals surface area contributed by atoms with E-state index in [1.807, 2.05) is 24.3 Å². The first kappa shape index (κ1) is 22.9. The van der Waals surface area contributed by atoms with Crippen LogP contribution in [0.1, 0.15) is 24.5 Å². The topological polar surface area (TPSA) is 55.9 Å². The highest BCUT2D eigenvalue weighted by molar-refractivity contribution is 6.31. The smallest absolute Gasteiger partial charge is 0.320 e. The fourth-order valence-corrected chi connectivity index (χ4v) is 3.98. The maximum absolute atomic E-state index is 12.6. The molecule has 0 radical (unpaired) electrons. The molecule has 0 atom stereocenters. The van der Waals surface area contributed by atoms with Crippen molar-refractivity contribution in [1.29, 1.82) is 0 Å². The third-order valence-electron chi connectivity index (χ3n) is 5.51. The molecule has 1 N–H and O–H groups in total. The summed E-state index contributed by atoms with van der Waals surface area (Å²) in [6.45, 7) is 8.30. The maximum atomic E-state index is 12.6. The van der Waals surface area contributed by atoms with Crippen molar-refractivity contribution in [3.63, 3.8) is 0 Å². The van der Waals surface area contributed by atoms with E-state index in [2.05, 4.69) is 48.3 Å². The van der Waals surface area contributed by atoms with Gasteiger partial charge in [-0.25, -0.2) is 4.79 Å². The molecule has 166 valence electrons. The van der Waals surface area contributed by atoms with E-state index in [4.69, 9.17) is 11.6 Å². The van der Waals surface area contributed by atoms with Crippen LogP contribution >= 0.6 is 11.6 Å². The van der Waals surface area contributed by atoms with Crippen LogP contribution in [0.3, 0.4) is 0 Å². The summed E-state index contributed by atoms with van der Waals surface area (Å²) in [5, 5.41) is 3.60. The highest BCUT2D eigenvalue weighted by Crippen LogP contribution is 2.20. The third kappa shape index (κ3) is 6.37. The number of hydrogen-bond acceptors (Lipinski definition) is 3. The number of carbonyl (C=O) groups excluding carboxylic acids is 2. The van der Waals surface area contributed by atoms with Gasteiger partial charge in [-0.05, 0) is 49.6 Å². The van der Waals surface area contributed by atoms with Gasteiger partial charge in [0.15, 0.2) is 0 Å². The summed E-state index contributed by atoms with van der Waals surface area (Å²) in [5.74, 6) is -0.119. The molecule has 0 spiro atoms. The molecular weight excluding hydrogens is 412 g/mol. The second-order valence-corrected chi connectivity index (χ2v) is 8.25. The lowest BCUT2D eigenvalue weighted by Gasteiger charge is -2.23. The fourth-order valence-electron chi connectivity index (χ4n) is 3.78. The van der Waals surface area contributed by atoms with E-state index in [9.17, 15) is 9.59 Å².